The van der Waals surface area contributed by atoms with E-state index in [1.165, 1.54) is 106 Å². The summed E-state index contributed by atoms with van der Waals surface area (Å²) in [6.45, 7) is 4.45. The number of para-hydroxylation sites is 2. The van der Waals surface area contributed by atoms with E-state index in [-0.39, 0.29) is 0 Å². The van der Waals surface area contributed by atoms with Gasteiger partial charge in [-0.2, -0.15) is 0 Å². The molecule has 0 fully saturated rings. The molecule has 0 bridgehead atoms. The standard InChI is InChI=1S/C66H44N2S2/c1-41-15-3-7-27-57(41)67(47-19-11-17-45(39-47)49-23-13-25-53-51-21-5-9-29-61(51)69-65(49)53)59-37-33-43-32-36-56-60(38-34-44-31-35-55(59)63(43)64(44)56)68(58-28-8-4-16-42(58)2)48-20-12-18-46(40-48)50-24-14-26-54-52-22-6-10-30-62(52)70-66(50)54/h3-40H,1-2H3. The fourth-order valence-electron chi connectivity index (χ4n) is 11.2. The summed E-state index contributed by atoms with van der Waals surface area (Å²) in [5, 5.41) is 12.7. The van der Waals surface area contributed by atoms with Crippen molar-refractivity contribution in [2.75, 3.05) is 9.80 Å². The number of hydrogen-bond acceptors (Lipinski definition) is 4. The molecule has 0 aliphatic heterocycles. The van der Waals surface area contributed by atoms with Crippen LogP contribution in [0.25, 0.3) is 94.9 Å². The van der Waals surface area contributed by atoms with Gasteiger partial charge in [-0.1, -0.05) is 170 Å². The van der Waals surface area contributed by atoms with E-state index >= 15 is 0 Å². The minimum Gasteiger partial charge on any atom is -0.310 e. The monoisotopic (exact) mass is 928 g/mol. The van der Waals surface area contributed by atoms with Gasteiger partial charge in [0, 0.05) is 73.9 Å². The SMILES string of the molecule is Cc1ccccc1N(c1cccc(-c2cccc3c2sc2ccccc23)c1)c1ccc2ccc3c(N(c4cccc(-c5cccc6c5sc5ccccc56)c4)c4ccccc4C)ccc4ccc1c2c43. The lowest BCUT2D eigenvalue weighted by Gasteiger charge is -2.31. The highest BCUT2D eigenvalue weighted by Crippen LogP contribution is 2.50. The summed E-state index contributed by atoms with van der Waals surface area (Å²) in [5.74, 6) is 0. The molecule has 0 amide bonds. The van der Waals surface area contributed by atoms with Crippen molar-refractivity contribution in [1.29, 1.82) is 0 Å². The van der Waals surface area contributed by atoms with Crippen LogP contribution >= 0.6 is 22.7 Å². The summed E-state index contributed by atoms with van der Waals surface area (Å²) < 4.78 is 5.27. The molecule has 0 aliphatic rings. The van der Waals surface area contributed by atoms with E-state index in [4.69, 9.17) is 0 Å². The first-order chi connectivity index (χ1) is 34.6. The molecule has 2 aromatic heterocycles. The van der Waals surface area contributed by atoms with E-state index < -0.39 is 0 Å². The van der Waals surface area contributed by atoms with Crippen LogP contribution in [0.1, 0.15) is 11.1 Å². The zero-order valence-electron chi connectivity index (χ0n) is 38.7. The highest BCUT2D eigenvalue weighted by Gasteiger charge is 2.24. The van der Waals surface area contributed by atoms with Gasteiger partial charge in [-0.25, -0.2) is 0 Å². The normalized spacial score (nSPS) is 11.9. The number of rotatable bonds is 8. The van der Waals surface area contributed by atoms with Gasteiger partial charge in [0.05, 0.1) is 11.4 Å². The van der Waals surface area contributed by atoms with Gasteiger partial charge in [-0.3, -0.25) is 0 Å². The topological polar surface area (TPSA) is 6.48 Å². The van der Waals surface area contributed by atoms with E-state index in [0.29, 0.717) is 0 Å². The van der Waals surface area contributed by atoms with Crippen molar-refractivity contribution in [3.63, 3.8) is 0 Å². The average molecular weight is 929 g/mol. The Bertz CT molecular complexity index is 4090. The lowest BCUT2D eigenvalue weighted by molar-refractivity contribution is 1.26. The quantitative estimate of drug-likeness (QED) is 0.140. The highest BCUT2D eigenvalue weighted by molar-refractivity contribution is 7.26. The Kier molecular flexibility index (Phi) is 9.42. The molecule has 12 aromatic carbocycles. The number of nitrogens with zero attached hydrogens (tertiary/aromatic N) is 2. The summed E-state index contributed by atoms with van der Waals surface area (Å²) in [5.41, 5.74) is 14.2. The lowest BCUT2D eigenvalue weighted by atomic mass is 9.91. The Balaban J connectivity index is 0.962. The molecule has 0 spiro atoms. The second kappa shape index (κ2) is 16.2. The van der Waals surface area contributed by atoms with E-state index in [2.05, 4.69) is 254 Å². The third kappa shape index (κ3) is 6.38. The van der Waals surface area contributed by atoms with Crippen LogP contribution in [-0.4, -0.2) is 0 Å². The Morgan fingerprint density at radius 2 is 0.700 bits per heavy atom. The van der Waals surface area contributed by atoms with Gasteiger partial charge in [0.1, 0.15) is 0 Å². The van der Waals surface area contributed by atoms with E-state index in [1.54, 1.807) is 0 Å². The predicted molar refractivity (Wildman–Crippen MR) is 306 cm³/mol. The summed E-state index contributed by atoms with van der Waals surface area (Å²) >= 11 is 3.77. The third-order valence-corrected chi connectivity index (χ3v) is 16.9. The van der Waals surface area contributed by atoms with Crippen molar-refractivity contribution in [3.05, 3.63) is 242 Å². The van der Waals surface area contributed by atoms with Crippen LogP contribution in [-0.2, 0) is 0 Å². The first kappa shape index (κ1) is 40.8. The summed E-state index contributed by atoms with van der Waals surface area (Å²) in [4.78, 5) is 4.97. The molecule has 330 valence electrons. The predicted octanol–water partition coefficient (Wildman–Crippen LogP) is 20.2. The Hall–Kier alpha value is -8.28. The molecule has 0 unspecified atom stereocenters. The van der Waals surface area contributed by atoms with Gasteiger partial charge in [0.15, 0.2) is 0 Å². The van der Waals surface area contributed by atoms with Crippen LogP contribution in [0.2, 0.25) is 0 Å². The molecule has 2 heterocycles. The van der Waals surface area contributed by atoms with Crippen LogP contribution in [0, 0.1) is 13.8 Å². The number of benzene rings is 12. The van der Waals surface area contributed by atoms with Crippen molar-refractivity contribution in [1.82, 2.24) is 0 Å². The Labute approximate surface area is 414 Å². The van der Waals surface area contributed by atoms with Gasteiger partial charge in [-0.05, 0) is 129 Å². The second-order valence-electron chi connectivity index (χ2n) is 18.5. The smallest absolute Gasteiger partial charge is 0.0540 e. The van der Waals surface area contributed by atoms with Gasteiger partial charge >= 0.3 is 0 Å². The van der Waals surface area contributed by atoms with Gasteiger partial charge in [-0.15, -0.1) is 22.7 Å². The minimum absolute atomic E-state index is 1.12. The maximum atomic E-state index is 2.49. The van der Waals surface area contributed by atoms with Crippen LogP contribution in [0.15, 0.2) is 231 Å². The molecule has 70 heavy (non-hydrogen) atoms. The molecular formula is C66H44N2S2. The van der Waals surface area contributed by atoms with Crippen LogP contribution in [0.4, 0.5) is 34.1 Å². The molecule has 14 aromatic rings. The molecule has 14 rings (SSSR count). The van der Waals surface area contributed by atoms with Crippen LogP contribution < -0.4 is 9.80 Å². The Morgan fingerprint density at radius 1 is 0.300 bits per heavy atom. The van der Waals surface area contributed by atoms with Crippen molar-refractivity contribution in [2.24, 2.45) is 0 Å². The first-order valence-electron chi connectivity index (χ1n) is 24.0. The zero-order chi connectivity index (χ0) is 46.5. The van der Waals surface area contributed by atoms with Crippen molar-refractivity contribution < 1.29 is 0 Å². The highest BCUT2D eigenvalue weighted by atomic mass is 32.1. The van der Waals surface area contributed by atoms with E-state index in [0.717, 1.165) is 34.1 Å². The number of fused-ring (bicyclic) bond motifs is 6. The molecule has 0 aliphatic carbocycles. The Morgan fingerprint density at radius 3 is 1.17 bits per heavy atom. The molecule has 2 nitrogen and oxygen atoms in total. The maximum absolute atomic E-state index is 2.49. The average Bonchev–Trinajstić information content (AvgIpc) is 3.99. The van der Waals surface area contributed by atoms with Gasteiger partial charge < -0.3 is 9.80 Å². The van der Waals surface area contributed by atoms with Crippen molar-refractivity contribution in [2.45, 2.75) is 13.8 Å². The number of aryl methyl sites for hydroxylation is 2. The molecule has 0 N–H and O–H groups in total. The van der Waals surface area contributed by atoms with E-state index in [1.807, 2.05) is 22.7 Å². The zero-order valence-corrected chi connectivity index (χ0v) is 40.3. The van der Waals surface area contributed by atoms with Crippen LogP contribution in [0.3, 0.4) is 0 Å². The summed E-state index contributed by atoms with van der Waals surface area (Å²) in [6.07, 6.45) is 0. The number of hydrogen-bond donors (Lipinski definition) is 0. The fourth-order valence-corrected chi connectivity index (χ4v) is 13.7. The molecule has 0 radical (unpaired) electrons. The van der Waals surface area contributed by atoms with Crippen LogP contribution in [0.5, 0.6) is 0 Å². The molecule has 0 atom stereocenters. The second-order valence-corrected chi connectivity index (χ2v) is 20.6. The summed E-state index contributed by atoms with van der Waals surface area (Å²) in [7, 11) is 0. The maximum Gasteiger partial charge on any atom is 0.0540 e. The fraction of sp³-hybridized carbons (Fsp3) is 0.0303. The number of anilines is 6. The molecule has 4 heteroatoms. The third-order valence-electron chi connectivity index (χ3n) is 14.5. The largest absolute Gasteiger partial charge is 0.310 e. The van der Waals surface area contributed by atoms with E-state index in [9.17, 15) is 0 Å². The van der Waals surface area contributed by atoms with Crippen molar-refractivity contribution in [3.8, 4) is 22.3 Å². The van der Waals surface area contributed by atoms with Gasteiger partial charge in [0.2, 0.25) is 0 Å². The lowest BCUT2D eigenvalue weighted by Crippen LogP contribution is -2.13. The molecule has 0 saturated carbocycles. The van der Waals surface area contributed by atoms with Gasteiger partial charge in [0.25, 0.3) is 0 Å². The summed E-state index contributed by atoms with van der Waals surface area (Å²) in [6, 6.07) is 85.6. The molecule has 0 saturated heterocycles. The minimum atomic E-state index is 1.12. The number of thiophene rings is 2. The van der Waals surface area contributed by atoms with Crippen molar-refractivity contribution >= 4 is 129 Å². The first-order valence-corrected chi connectivity index (χ1v) is 25.6. The molecular weight excluding hydrogens is 885 g/mol.